The summed E-state index contributed by atoms with van der Waals surface area (Å²) < 4.78 is 27.2. The molecule has 5 heterocycles. The number of rotatable bonds is 3. The smallest absolute Gasteiger partial charge is 0.312 e. The molecule has 0 unspecified atom stereocenters. The van der Waals surface area contributed by atoms with Crippen LogP contribution in [-0.2, 0) is 13.5 Å². The molecule has 0 spiro atoms. The van der Waals surface area contributed by atoms with Crippen LogP contribution in [-0.4, -0.2) is 52.3 Å². The number of benzene rings is 1. The minimum atomic E-state index is -0.783. The number of aryl methyl sites for hydroxylation is 1. The Labute approximate surface area is 178 Å². The zero-order valence-corrected chi connectivity index (χ0v) is 16.7. The summed E-state index contributed by atoms with van der Waals surface area (Å²) in [6, 6.07) is 5.37. The van der Waals surface area contributed by atoms with Crippen LogP contribution in [0.3, 0.4) is 0 Å². The van der Waals surface area contributed by atoms with Crippen LogP contribution in [0, 0.1) is 5.82 Å². The summed E-state index contributed by atoms with van der Waals surface area (Å²) in [5.41, 5.74) is 2.25. The molecule has 1 aliphatic heterocycles. The van der Waals surface area contributed by atoms with Gasteiger partial charge in [0.05, 0.1) is 12.0 Å². The van der Waals surface area contributed by atoms with Gasteiger partial charge in [0.25, 0.3) is 5.89 Å². The SMILES string of the molecule is Cn1ccc(-c2nnc(C(=O)N3CCc4[nH]cnc4[C@H]3c3nc4c(F)cccc4o3)o2)n1. The number of nitrogens with one attached hydrogen (secondary N) is 1. The number of carbonyl (C=O) groups excluding carboxylic acids is 1. The minimum absolute atomic E-state index is 0.0905. The summed E-state index contributed by atoms with van der Waals surface area (Å²) in [6.07, 6.45) is 3.81. The molecule has 1 N–H and O–H groups in total. The van der Waals surface area contributed by atoms with E-state index >= 15 is 0 Å². The second-order valence-corrected chi connectivity index (χ2v) is 7.34. The van der Waals surface area contributed by atoms with Crippen molar-refractivity contribution in [3.05, 3.63) is 65.8 Å². The first-order chi connectivity index (χ1) is 15.6. The summed E-state index contributed by atoms with van der Waals surface area (Å²) >= 11 is 0. The summed E-state index contributed by atoms with van der Waals surface area (Å²) in [5, 5.41) is 12.1. The fourth-order valence-electron chi connectivity index (χ4n) is 3.86. The number of amides is 1. The Morgan fingerprint density at radius 3 is 2.97 bits per heavy atom. The molecule has 0 fully saturated rings. The third kappa shape index (κ3) is 2.80. The first kappa shape index (κ1) is 18.4. The van der Waals surface area contributed by atoms with Crippen molar-refractivity contribution in [1.29, 1.82) is 0 Å². The Bertz CT molecular complexity index is 1460. The number of aromatic nitrogens is 7. The predicted molar refractivity (Wildman–Crippen MR) is 106 cm³/mol. The Balaban J connectivity index is 1.41. The van der Waals surface area contributed by atoms with E-state index in [1.807, 2.05) is 0 Å². The van der Waals surface area contributed by atoms with E-state index in [4.69, 9.17) is 8.83 Å². The average molecular weight is 434 g/mol. The van der Waals surface area contributed by atoms with Gasteiger partial charge >= 0.3 is 11.8 Å². The van der Waals surface area contributed by atoms with Crippen LogP contribution in [0.4, 0.5) is 4.39 Å². The maximum Gasteiger partial charge on any atom is 0.312 e. The van der Waals surface area contributed by atoms with E-state index in [0.717, 1.165) is 5.69 Å². The minimum Gasteiger partial charge on any atom is -0.438 e. The lowest BCUT2D eigenvalue weighted by Crippen LogP contribution is -2.41. The van der Waals surface area contributed by atoms with E-state index < -0.39 is 17.8 Å². The Kier molecular flexibility index (Phi) is 3.93. The molecular formula is C20H15FN8O3. The van der Waals surface area contributed by atoms with Gasteiger partial charge in [0, 0.05) is 31.9 Å². The molecule has 12 heteroatoms. The van der Waals surface area contributed by atoms with Crippen molar-refractivity contribution in [1.82, 2.24) is 39.8 Å². The van der Waals surface area contributed by atoms with Crippen LogP contribution >= 0.6 is 0 Å². The maximum atomic E-state index is 14.2. The van der Waals surface area contributed by atoms with Crippen LogP contribution in [0.15, 0.2) is 45.6 Å². The van der Waals surface area contributed by atoms with Crippen molar-refractivity contribution in [2.75, 3.05) is 6.54 Å². The molecule has 32 heavy (non-hydrogen) atoms. The normalized spacial score (nSPS) is 15.9. The van der Waals surface area contributed by atoms with E-state index in [-0.39, 0.29) is 28.8 Å². The van der Waals surface area contributed by atoms with Gasteiger partial charge in [-0.15, -0.1) is 10.2 Å². The standard InChI is InChI=1S/C20H15FN8O3/c1-28-7-5-12(27-28)17-25-26-19(32-17)20(30)29-8-6-11-15(23-9-22-11)16(29)18-24-14-10(21)3-2-4-13(14)31-18/h2-5,7,9,16H,6,8H2,1H3,(H,22,23)/t16-/m0/s1. The van der Waals surface area contributed by atoms with E-state index in [0.29, 0.717) is 24.4 Å². The number of oxazole rings is 1. The number of H-pyrrole nitrogens is 1. The second-order valence-electron chi connectivity index (χ2n) is 7.34. The summed E-state index contributed by atoms with van der Waals surface area (Å²) in [4.78, 5) is 26.6. The molecule has 1 aromatic carbocycles. The van der Waals surface area contributed by atoms with Gasteiger partial charge in [0.1, 0.15) is 11.2 Å². The van der Waals surface area contributed by atoms with Gasteiger partial charge in [0.15, 0.2) is 17.4 Å². The highest BCUT2D eigenvalue weighted by molar-refractivity contribution is 5.90. The van der Waals surface area contributed by atoms with E-state index in [2.05, 4.69) is 30.2 Å². The van der Waals surface area contributed by atoms with Gasteiger partial charge in [-0.3, -0.25) is 9.48 Å². The van der Waals surface area contributed by atoms with Gasteiger partial charge in [-0.2, -0.15) is 5.10 Å². The molecule has 4 aromatic heterocycles. The van der Waals surface area contributed by atoms with Gasteiger partial charge in [-0.1, -0.05) is 6.07 Å². The first-order valence-electron chi connectivity index (χ1n) is 9.80. The zero-order chi connectivity index (χ0) is 21.8. The quantitative estimate of drug-likeness (QED) is 0.457. The van der Waals surface area contributed by atoms with Crippen LogP contribution in [0.5, 0.6) is 0 Å². The molecule has 5 aromatic rings. The number of aromatic amines is 1. The molecule has 1 amide bonds. The van der Waals surface area contributed by atoms with Crippen LogP contribution in [0.2, 0.25) is 0 Å². The van der Waals surface area contributed by atoms with Crippen molar-refractivity contribution in [3.8, 4) is 11.6 Å². The highest BCUT2D eigenvalue weighted by Gasteiger charge is 2.39. The number of fused-ring (bicyclic) bond motifs is 2. The lowest BCUT2D eigenvalue weighted by atomic mass is 10.0. The van der Waals surface area contributed by atoms with Crippen molar-refractivity contribution < 1.29 is 18.0 Å². The molecule has 0 radical (unpaired) electrons. The highest BCUT2D eigenvalue weighted by Crippen LogP contribution is 2.35. The lowest BCUT2D eigenvalue weighted by molar-refractivity contribution is 0.0627. The molecule has 160 valence electrons. The molecule has 1 aliphatic rings. The van der Waals surface area contributed by atoms with Gasteiger partial charge in [0.2, 0.25) is 5.89 Å². The highest BCUT2D eigenvalue weighted by atomic mass is 19.1. The van der Waals surface area contributed by atoms with Gasteiger partial charge in [-0.05, 0) is 18.2 Å². The topological polar surface area (TPSA) is 132 Å². The van der Waals surface area contributed by atoms with Crippen molar-refractivity contribution >= 4 is 17.0 Å². The van der Waals surface area contributed by atoms with E-state index in [9.17, 15) is 9.18 Å². The first-order valence-corrected chi connectivity index (χ1v) is 9.80. The second kappa shape index (κ2) is 6.83. The van der Waals surface area contributed by atoms with E-state index in [1.165, 1.54) is 17.0 Å². The van der Waals surface area contributed by atoms with Crippen LogP contribution < -0.4 is 0 Å². The number of imidazole rings is 1. The predicted octanol–water partition coefficient (Wildman–Crippen LogP) is 2.26. The number of para-hydroxylation sites is 1. The molecule has 0 saturated carbocycles. The fourth-order valence-corrected chi connectivity index (χ4v) is 3.86. The summed E-state index contributed by atoms with van der Waals surface area (Å²) in [7, 11) is 1.76. The lowest BCUT2D eigenvalue weighted by Gasteiger charge is -2.31. The molecule has 0 bridgehead atoms. The maximum absolute atomic E-state index is 14.2. The van der Waals surface area contributed by atoms with Crippen LogP contribution in [0.25, 0.3) is 22.7 Å². The molecule has 11 nitrogen and oxygen atoms in total. The number of hydrogen-bond donors (Lipinski definition) is 1. The zero-order valence-electron chi connectivity index (χ0n) is 16.7. The number of carbonyl (C=O) groups is 1. The largest absolute Gasteiger partial charge is 0.438 e. The van der Waals surface area contributed by atoms with Crippen molar-refractivity contribution in [3.63, 3.8) is 0 Å². The van der Waals surface area contributed by atoms with E-state index in [1.54, 1.807) is 36.4 Å². The van der Waals surface area contributed by atoms with Gasteiger partial charge in [-0.25, -0.2) is 14.4 Å². The Hall–Kier alpha value is -4.35. The Morgan fingerprint density at radius 2 is 2.16 bits per heavy atom. The monoisotopic (exact) mass is 434 g/mol. The summed E-state index contributed by atoms with van der Waals surface area (Å²) in [6.45, 7) is 0.321. The third-order valence-electron chi connectivity index (χ3n) is 5.35. The Morgan fingerprint density at radius 1 is 1.25 bits per heavy atom. The molecule has 0 aliphatic carbocycles. The number of halogens is 1. The fraction of sp³-hybridized carbons (Fsp3) is 0.200. The van der Waals surface area contributed by atoms with Crippen molar-refractivity contribution in [2.24, 2.45) is 7.05 Å². The molecular weight excluding hydrogens is 419 g/mol. The van der Waals surface area contributed by atoms with Crippen LogP contribution in [0.1, 0.15) is 34.0 Å². The van der Waals surface area contributed by atoms with Crippen molar-refractivity contribution in [2.45, 2.75) is 12.5 Å². The summed E-state index contributed by atoms with van der Waals surface area (Å²) in [5.74, 6) is -0.939. The molecule has 0 saturated heterocycles. The average Bonchev–Trinajstić information content (AvgIpc) is 3.57. The number of hydrogen-bond acceptors (Lipinski definition) is 8. The molecule has 1 atom stereocenters. The molecule has 6 rings (SSSR count). The van der Waals surface area contributed by atoms with Gasteiger partial charge < -0.3 is 18.7 Å². The third-order valence-corrected chi connectivity index (χ3v) is 5.35. The number of nitrogens with zero attached hydrogens (tertiary/aromatic N) is 7.